The van der Waals surface area contributed by atoms with Gasteiger partial charge in [-0.3, -0.25) is 0 Å². The molecule has 0 radical (unpaired) electrons. The zero-order chi connectivity index (χ0) is 22.9. The first-order valence-electron chi connectivity index (χ1n) is 11.5. The third kappa shape index (κ3) is 4.29. The maximum absolute atomic E-state index is 13.6. The summed E-state index contributed by atoms with van der Waals surface area (Å²) >= 11 is 6.74. The van der Waals surface area contributed by atoms with Crippen molar-refractivity contribution in [2.75, 3.05) is 13.2 Å². The van der Waals surface area contributed by atoms with Crippen LogP contribution in [0.2, 0.25) is 0 Å². The van der Waals surface area contributed by atoms with Gasteiger partial charge in [-0.15, -0.1) is 5.10 Å². The van der Waals surface area contributed by atoms with Crippen LogP contribution in [0.25, 0.3) is 0 Å². The number of rotatable bonds is 5. The number of allylic oxidation sites excluding steroid dienone is 2. The summed E-state index contributed by atoms with van der Waals surface area (Å²) in [4.78, 5) is 2.17. The minimum atomic E-state index is -0.207. The van der Waals surface area contributed by atoms with Crippen LogP contribution in [0.5, 0.6) is 0 Å². The van der Waals surface area contributed by atoms with E-state index in [0.717, 1.165) is 73.5 Å². The number of benzene rings is 1. The third-order valence-corrected chi connectivity index (χ3v) is 6.99. The minimum Gasteiger partial charge on any atom is -0.363 e. The maximum atomic E-state index is 13.6. The SMILES string of the molecule is C=C1C(Cl)=C(N2CCc3c(nnn3Cc3ccc(F)cc3CC)C2)C=NN1C1CCCCO1. The van der Waals surface area contributed by atoms with Crippen LogP contribution in [-0.2, 0) is 30.7 Å². The van der Waals surface area contributed by atoms with Crippen LogP contribution in [0.1, 0.15) is 48.7 Å². The van der Waals surface area contributed by atoms with Crippen molar-refractivity contribution < 1.29 is 9.13 Å². The van der Waals surface area contributed by atoms with Crippen molar-refractivity contribution in [3.8, 4) is 0 Å². The van der Waals surface area contributed by atoms with Gasteiger partial charge in [-0.25, -0.2) is 14.1 Å². The van der Waals surface area contributed by atoms with E-state index in [1.165, 1.54) is 6.07 Å². The molecule has 1 aromatic heterocycles. The minimum absolute atomic E-state index is 0.106. The lowest BCUT2D eigenvalue weighted by Crippen LogP contribution is -2.39. The molecule has 0 bridgehead atoms. The van der Waals surface area contributed by atoms with Gasteiger partial charge in [0.15, 0.2) is 6.23 Å². The highest BCUT2D eigenvalue weighted by molar-refractivity contribution is 6.33. The topological polar surface area (TPSA) is 58.8 Å². The molecule has 9 heteroatoms. The normalized spacial score (nSPS) is 21.1. The van der Waals surface area contributed by atoms with Crippen LogP contribution in [0.15, 0.2) is 46.3 Å². The van der Waals surface area contributed by atoms with E-state index in [1.807, 2.05) is 17.7 Å². The Morgan fingerprint density at radius 1 is 1.27 bits per heavy atom. The van der Waals surface area contributed by atoms with Gasteiger partial charge < -0.3 is 9.64 Å². The summed E-state index contributed by atoms with van der Waals surface area (Å²) < 4.78 is 21.4. The maximum Gasteiger partial charge on any atom is 0.150 e. The Morgan fingerprint density at radius 2 is 2.15 bits per heavy atom. The molecule has 33 heavy (non-hydrogen) atoms. The molecule has 1 atom stereocenters. The highest BCUT2D eigenvalue weighted by Crippen LogP contribution is 2.33. The van der Waals surface area contributed by atoms with Crippen molar-refractivity contribution in [1.29, 1.82) is 0 Å². The predicted octanol–water partition coefficient (Wildman–Crippen LogP) is 4.18. The lowest BCUT2D eigenvalue weighted by atomic mass is 10.0. The molecule has 5 rings (SSSR count). The van der Waals surface area contributed by atoms with E-state index in [1.54, 1.807) is 17.3 Å². The van der Waals surface area contributed by atoms with Crippen LogP contribution in [0.4, 0.5) is 4.39 Å². The van der Waals surface area contributed by atoms with E-state index in [-0.39, 0.29) is 12.0 Å². The van der Waals surface area contributed by atoms with Gasteiger partial charge in [-0.1, -0.05) is 36.4 Å². The molecule has 1 saturated heterocycles. The van der Waals surface area contributed by atoms with E-state index in [0.29, 0.717) is 23.8 Å². The number of aryl methyl sites for hydroxylation is 1. The lowest BCUT2D eigenvalue weighted by molar-refractivity contribution is -0.0692. The van der Waals surface area contributed by atoms with E-state index < -0.39 is 0 Å². The molecule has 2 aromatic rings. The van der Waals surface area contributed by atoms with Gasteiger partial charge in [0.2, 0.25) is 0 Å². The molecule has 1 aromatic carbocycles. The number of fused-ring (bicyclic) bond motifs is 1. The first kappa shape index (κ1) is 22.1. The molecule has 0 aliphatic carbocycles. The largest absolute Gasteiger partial charge is 0.363 e. The summed E-state index contributed by atoms with van der Waals surface area (Å²) in [6, 6.07) is 4.95. The molecule has 0 saturated carbocycles. The van der Waals surface area contributed by atoms with Crippen molar-refractivity contribution in [3.63, 3.8) is 0 Å². The number of hydrazone groups is 1. The van der Waals surface area contributed by atoms with E-state index >= 15 is 0 Å². The highest BCUT2D eigenvalue weighted by atomic mass is 35.5. The van der Waals surface area contributed by atoms with Gasteiger partial charge in [-0.05, 0) is 48.9 Å². The molecule has 3 aliphatic rings. The fraction of sp³-hybridized carbons (Fsp3) is 0.458. The molecule has 0 spiro atoms. The average molecular weight is 471 g/mol. The van der Waals surface area contributed by atoms with Crippen LogP contribution in [-0.4, -0.2) is 50.5 Å². The Bertz CT molecular complexity index is 1120. The molecule has 1 unspecified atom stereocenters. The van der Waals surface area contributed by atoms with E-state index in [4.69, 9.17) is 16.3 Å². The number of nitrogens with zero attached hydrogens (tertiary/aromatic N) is 6. The average Bonchev–Trinajstić information content (AvgIpc) is 3.24. The molecule has 3 aliphatic heterocycles. The fourth-order valence-electron chi connectivity index (χ4n) is 4.71. The Kier molecular flexibility index (Phi) is 6.21. The van der Waals surface area contributed by atoms with Gasteiger partial charge >= 0.3 is 0 Å². The van der Waals surface area contributed by atoms with Crippen LogP contribution < -0.4 is 0 Å². The highest BCUT2D eigenvalue weighted by Gasteiger charge is 2.31. The number of halogens is 2. The summed E-state index contributed by atoms with van der Waals surface area (Å²) in [5.74, 6) is -0.207. The number of ether oxygens (including phenoxy) is 1. The number of aromatic nitrogens is 3. The van der Waals surface area contributed by atoms with Gasteiger partial charge in [0.25, 0.3) is 0 Å². The van der Waals surface area contributed by atoms with Crippen molar-refractivity contribution in [1.82, 2.24) is 24.9 Å². The second kappa shape index (κ2) is 9.27. The monoisotopic (exact) mass is 470 g/mol. The molecule has 1 fully saturated rings. The molecule has 174 valence electrons. The summed E-state index contributed by atoms with van der Waals surface area (Å²) in [5, 5.41) is 15.8. The smallest absolute Gasteiger partial charge is 0.150 e. The summed E-state index contributed by atoms with van der Waals surface area (Å²) in [6.45, 7) is 8.90. The van der Waals surface area contributed by atoms with Gasteiger partial charge in [0, 0.05) is 19.6 Å². The molecule has 0 amide bonds. The van der Waals surface area contributed by atoms with Gasteiger partial charge in [0.1, 0.15) is 11.5 Å². The molecular weight excluding hydrogens is 443 g/mol. The summed E-state index contributed by atoms with van der Waals surface area (Å²) in [7, 11) is 0. The molecule has 0 N–H and O–H groups in total. The second-order valence-electron chi connectivity index (χ2n) is 8.63. The zero-order valence-corrected chi connectivity index (χ0v) is 19.6. The Labute approximate surface area is 198 Å². The number of hydrogen-bond acceptors (Lipinski definition) is 6. The predicted molar refractivity (Wildman–Crippen MR) is 125 cm³/mol. The molecule has 7 nitrogen and oxygen atoms in total. The Morgan fingerprint density at radius 3 is 2.94 bits per heavy atom. The van der Waals surface area contributed by atoms with Crippen LogP contribution in [0.3, 0.4) is 0 Å². The van der Waals surface area contributed by atoms with Crippen molar-refractivity contribution >= 4 is 17.8 Å². The molecule has 4 heterocycles. The zero-order valence-electron chi connectivity index (χ0n) is 18.8. The van der Waals surface area contributed by atoms with Gasteiger partial charge in [-0.2, -0.15) is 5.10 Å². The van der Waals surface area contributed by atoms with Crippen molar-refractivity contribution in [3.05, 3.63) is 69.5 Å². The summed E-state index contributed by atoms with van der Waals surface area (Å²) in [5.41, 5.74) is 5.62. The third-order valence-electron chi connectivity index (χ3n) is 6.57. The lowest BCUT2D eigenvalue weighted by Gasteiger charge is -2.37. The Balaban J connectivity index is 1.31. The molecular formula is C24H28ClFN6O. The van der Waals surface area contributed by atoms with Gasteiger partial charge in [0.05, 0.1) is 41.4 Å². The second-order valence-corrected chi connectivity index (χ2v) is 9.01. The van der Waals surface area contributed by atoms with Crippen molar-refractivity contribution in [2.24, 2.45) is 5.10 Å². The number of hydrogen-bond donors (Lipinski definition) is 0. The van der Waals surface area contributed by atoms with E-state index in [9.17, 15) is 4.39 Å². The Hall–Kier alpha value is -2.71. The summed E-state index contributed by atoms with van der Waals surface area (Å²) in [6.07, 6.45) is 6.36. The van der Waals surface area contributed by atoms with E-state index in [2.05, 4.69) is 26.9 Å². The first-order chi connectivity index (χ1) is 16.0. The quantitative estimate of drug-likeness (QED) is 0.656. The van der Waals surface area contributed by atoms with Crippen LogP contribution >= 0.6 is 11.6 Å². The standard InChI is InChI=1S/C24H28ClFN6O/c1-3-17-12-19(26)8-7-18(17)14-31-21-9-10-30(15-20(21)28-29-31)22-13-27-32(16(2)24(22)25)23-6-4-5-11-33-23/h7-8,12-13,23H,2-6,9-11,14-15H2,1H3. The fourth-order valence-corrected chi connectivity index (χ4v) is 4.97. The van der Waals surface area contributed by atoms with Crippen molar-refractivity contribution in [2.45, 2.75) is 58.3 Å². The first-order valence-corrected chi connectivity index (χ1v) is 11.9. The van der Waals surface area contributed by atoms with Crippen LogP contribution in [0, 0.1) is 5.82 Å².